The average Bonchev–Trinajstić information content (AvgIpc) is 3.28. The molecule has 0 radical (unpaired) electrons. The molecule has 0 atom stereocenters. The molecule has 0 fully saturated rings. The molecule has 2 heterocycles. The average molecular weight is 405 g/mol. The summed E-state index contributed by atoms with van der Waals surface area (Å²) in [6.45, 7) is 1.99. The molecule has 0 bridgehead atoms. The van der Waals surface area contributed by atoms with E-state index < -0.39 is 4.92 Å². The van der Waals surface area contributed by atoms with Crippen LogP contribution in [0.4, 0.5) is 17.2 Å². The molecule has 0 aliphatic carbocycles. The van der Waals surface area contributed by atoms with Crippen LogP contribution < -0.4 is 10.2 Å². The Morgan fingerprint density at radius 1 is 1.21 bits per heavy atom. The van der Waals surface area contributed by atoms with E-state index in [1.807, 2.05) is 31.2 Å². The van der Waals surface area contributed by atoms with E-state index >= 15 is 0 Å². The summed E-state index contributed by atoms with van der Waals surface area (Å²) in [6, 6.07) is 14.0. The van der Waals surface area contributed by atoms with E-state index in [-0.39, 0.29) is 10.6 Å². The van der Waals surface area contributed by atoms with E-state index in [4.69, 9.17) is 0 Å². The van der Waals surface area contributed by atoms with Crippen molar-refractivity contribution in [2.75, 3.05) is 5.32 Å². The van der Waals surface area contributed by atoms with Gasteiger partial charge < -0.3 is 5.32 Å². The fourth-order valence-corrected chi connectivity index (χ4v) is 3.65. The number of nitrogens with zero attached hydrogens (tertiary/aromatic N) is 3. The highest BCUT2D eigenvalue weighted by molar-refractivity contribution is 7.10. The molecule has 9 heteroatoms. The van der Waals surface area contributed by atoms with Crippen LogP contribution in [0, 0.1) is 17.0 Å². The van der Waals surface area contributed by atoms with E-state index in [9.17, 15) is 14.9 Å². The summed E-state index contributed by atoms with van der Waals surface area (Å²) < 4.78 is 0. The van der Waals surface area contributed by atoms with Gasteiger partial charge in [0.2, 0.25) is 0 Å². The van der Waals surface area contributed by atoms with E-state index in [1.165, 1.54) is 12.1 Å². The van der Waals surface area contributed by atoms with Crippen molar-refractivity contribution in [1.82, 2.24) is 4.98 Å². The Morgan fingerprint density at radius 2 is 2.03 bits per heavy atom. The third kappa shape index (κ3) is 4.04. The Bertz CT molecular complexity index is 1250. The van der Waals surface area contributed by atoms with Crippen molar-refractivity contribution in [2.45, 2.75) is 6.92 Å². The summed E-state index contributed by atoms with van der Waals surface area (Å²) in [4.78, 5) is 25.9. The standard InChI is InChI=1S/C20H15N5O3S/c1-12-4-2-6-15(8-12)22-19-17(29-20(26)23-19)10-14-11-21-24-18(14)13-5-3-7-16(9-13)25(27)28/h2-11,22H,1H3,(H,23,26)/b14-10-. The molecule has 1 aromatic heterocycles. The molecule has 0 amide bonds. The minimum Gasteiger partial charge on any atom is -0.341 e. The van der Waals surface area contributed by atoms with Crippen LogP contribution in [-0.4, -0.2) is 21.8 Å². The van der Waals surface area contributed by atoms with Crippen LogP contribution in [0.25, 0.3) is 6.08 Å². The molecule has 4 rings (SSSR count). The number of aryl methyl sites for hydroxylation is 1. The number of thiazole rings is 1. The third-order valence-corrected chi connectivity index (χ3v) is 5.04. The lowest BCUT2D eigenvalue weighted by atomic mass is 10.0. The van der Waals surface area contributed by atoms with E-state index in [2.05, 4.69) is 20.5 Å². The molecule has 29 heavy (non-hydrogen) atoms. The maximum atomic E-state index is 12.0. The summed E-state index contributed by atoms with van der Waals surface area (Å²) in [5, 5.41) is 22.3. The van der Waals surface area contributed by atoms with Crippen molar-refractivity contribution >= 4 is 46.5 Å². The molecule has 3 aromatic rings. The quantitative estimate of drug-likeness (QED) is 0.487. The number of anilines is 2. The number of nitrogens with one attached hydrogen (secondary N) is 2. The number of nitro groups is 1. The number of non-ortho nitro benzene ring substituents is 1. The summed E-state index contributed by atoms with van der Waals surface area (Å²) >= 11 is 1.06. The van der Waals surface area contributed by atoms with Gasteiger partial charge in [-0.25, -0.2) is 0 Å². The maximum Gasteiger partial charge on any atom is 0.306 e. The number of aromatic nitrogens is 1. The van der Waals surface area contributed by atoms with Gasteiger partial charge in [0.1, 0.15) is 11.5 Å². The normalized spacial score (nSPS) is 14.2. The molecule has 8 nitrogen and oxygen atoms in total. The second-order valence-electron chi connectivity index (χ2n) is 6.35. The molecular formula is C20H15N5O3S. The molecule has 0 spiro atoms. The lowest BCUT2D eigenvalue weighted by Gasteiger charge is -2.07. The highest BCUT2D eigenvalue weighted by Gasteiger charge is 2.18. The molecule has 1 aliphatic rings. The first kappa shape index (κ1) is 18.5. The van der Waals surface area contributed by atoms with E-state index in [1.54, 1.807) is 24.4 Å². The number of H-pyrrole nitrogens is 1. The van der Waals surface area contributed by atoms with Crippen molar-refractivity contribution in [3.8, 4) is 0 Å². The molecular weight excluding hydrogens is 390 g/mol. The molecule has 2 N–H and O–H groups in total. The predicted octanol–water partition coefficient (Wildman–Crippen LogP) is 4.27. The summed E-state index contributed by atoms with van der Waals surface area (Å²) in [5.74, 6) is 0.566. The topological polar surface area (TPSA) is 113 Å². The van der Waals surface area contributed by atoms with Gasteiger partial charge in [-0.3, -0.25) is 19.9 Å². The first-order valence-corrected chi connectivity index (χ1v) is 9.46. The number of aromatic amines is 1. The van der Waals surface area contributed by atoms with Crippen molar-refractivity contribution < 1.29 is 4.92 Å². The zero-order valence-electron chi connectivity index (χ0n) is 15.2. The Morgan fingerprint density at radius 3 is 2.83 bits per heavy atom. The molecule has 0 unspecified atom stereocenters. The van der Waals surface area contributed by atoms with Crippen molar-refractivity contribution in [1.29, 1.82) is 0 Å². The lowest BCUT2D eigenvalue weighted by molar-refractivity contribution is -0.384. The first-order chi connectivity index (χ1) is 14.0. The summed E-state index contributed by atoms with van der Waals surface area (Å²) in [5.41, 5.74) is 3.68. The SMILES string of the molecule is Cc1cccc(Nc2[nH]c(=O)sc2/C=C2/C=NN=C2c2cccc([N+](=O)[O-])c2)c1. The Balaban J connectivity index is 1.68. The summed E-state index contributed by atoms with van der Waals surface area (Å²) in [6.07, 6.45) is 3.35. The van der Waals surface area contributed by atoms with Crippen molar-refractivity contribution in [3.05, 3.63) is 89.9 Å². The van der Waals surface area contributed by atoms with E-state index in [0.29, 0.717) is 27.5 Å². The van der Waals surface area contributed by atoms with Gasteiger partial charge in [-0.15, -0.1) is 5.10 Å². The van der Waals surface area contributed by atoms with Gasteiger partial charge in [-0.2, -0.15) is 5.10 Å². The second kappa shape index (κ2) is 7.64. The number of allylic oxidation sites excluding steroid dienone is 1. The van der Waals surface area contributed by atoms with Crippen molar-refractivity contribution in [3.63, 3.8) is 0 Å². The fourth-order valence-electron chi connectivity index (χ4n) is 2.91. The van der Waals surface area contributed by atoms with Crippen LogP contribution in [-0.2, 0) is 0 Å². The Labute approximate surface area is 169 Å². The van der Waals surface area contributed by atoms with Gasteiger partial charge in [-0.1, -0.05) is 35.6 Å². The van der Waals surface area contributed by atoms with Crippen LogP contribution in [0.3, 0.4) is 0 Å². The smallest absolute Gasteiger partial charge is 0.306 e. The molecule has 2 aromatic carbocycles. The summed E-state index contributed by atoms with van der Waals surface area (Å²) in [7, 11) is 0. The van der Waals surface area contributed by atoms with Crippen molar-refractivity contribution in [2.24, 2.45) is 10.2 Å². The monoisotopic (exact) mass is 405 g/mol. The van der Waals surface area contributed by atoms with Gasteiger partial charge in [0.05, 0.1) is 16.0 Å². The number of hydrogen-bond donors (Lipinski definition) is 2. The number of benzene rings is 2. The lowest BCUT2D eigenvalue weighted by Crippen LogP contribution is -2.03. The third-order valence-electron chi connectivity index (χ3n) is 4.21. The largest absolute Gasteiger partial charge is 0.341 e. The van der Waals surface area contributed by atoms with Gasteiger partial charge in [-0.05, 0) is 30.7 Å². The first-order valence-electron chi connectivity index (χ1n) is 8.64. The van der Waals surface area contributed by atoms with Crippen LogP contribution >= 0.6 is 11.3 Å². The van der Waals surface area contributed by atoms with E-state index in [0.717, 1.165) is 22.6 Å². The minimum atomic E-state index is -0.453. The number of hydrogen-bond acceptors (Lipinski definition) is 7. The highest BCUT2D eigenvalue weighted by Crippen LogP contribution is 2.26. The molecule has 0 saturated heterocycles. The molecule has 0 saturated carbocycles. The van der Waals surface area contributed by atoms with Gasteiger partial charge in [0.15, 0.2) is 0 Å². The zero-order valence-corrected chi connectivity index (χ0v) is 16.1. The highest BCUT2D eigenvalue weighted by atomic mass is 32.1. The Hall–Kier alpha value is -3.85. The second-order valence-corrected chi connectivity index (χ2v) is 7.36. The maximum absolute atomic E-state index is 12.0. The molecule has 144 valence electrons. The number of rotatable bonds is 5. The van der Waals surface area contributed by atoms with Crippen LogP contribution in [0.5, 0.6) is 0 Å². The van der Waals surface area contributed by atoms with Gasteiger partial charge in [0.25, 0.3) is 5.69 Å². The van der Waals surface area contributed by atoms with Gasteiger partial charge in [0, 0.05) is 29.0 Å². The Kier molecular flexibility index (Phi) is 4.88. The minimum absolute atomic E-state index is 0.0236. The molecule has 1 aliphatic heterocycles. The fraction of sp³-hybridized carbons (Fsp3) is 0.0500. The van der Waals surface area contributed by atoms with Gasteiger partial charge >= 0.3 is 4.87 Å². The predicted molar refractivity (Wildman–Crippen MR) is 116 cm³/mol. The van der Waals surface area contributed by atoms with Crippen LogP contribution in [0.2, 0.25) is 0 Å². The zero-order chi connectivity index (χ0) is 20.4. The number of nitro benzene ring substituents is 1. The van der Waals surface area contributed by atoms with Crippen LogP contribution in [0.15, 0.2) is 69.1 Å². The van der Waals surface area contributed by atoms with Crippen LogP contribution in [0.1, 0.15) is 16.0 Å².